The summed E-state index contributed by atoms with van der Waals surface area (Å²) in [6, 6.07) is 7.30. The van der Waals surface area contributed by atoms with Gasteiger partial charge in [-0.1, -0.05) is 12.1 Å². The minimum absolute atomic E-state index is 0.0877. The Balaban J connectivity index is 2.58. The van der Waals surface area contributed by atoms with Crippen LogP contribution in [-0.4, -0.2) is 32.0 Å². The summed E-state index contributed by atoms with van der Waals surface area (Å²) in [5.41, 5.74) is 1.40. The molecule has 0 heterocycles. The van der Waals surface area contributed by atoms with Crippen molar-refractivity contribution in [1.29, 1.82) is 0 Å². The van der Waals surface area contributed by atoms with Gasteiger partial charge in [-0.05, 0) is 19.1 Å². The maximum Gasteiger partial charge on any atom is 0.253 e. The van der Waals surface area contributed by atoms with Gasteiger partial charge in [-0.25, -0.2) is 0 Å². The van der Waals surface area contributed by atoms with Crippen molar-refractivity contribution >= 4 is 17.5 Å². The molecule has 0 bridgehead atoms. The van der Waals surface area contributed by atoms with Crippen LogP contribution in [-0.2, 0) is 4.79 Å². The second kappa shape index (κ2) is 7.32. The molecule has 0 aliphatic heterocycles. The Bertz CT molecular complexity index is 418. The highest BCUT2D eigenvalue weighted by Crippen LogP contribution is 2.14. The number of nitrogens with one attached hydrogen (secondary N) is 3. The van der Waals surface area contributed by atoms with Gasteiger partial charge < -0.3 is 16.0 Å². The van der Waals surface area contributed by atoms with Crippen molar-refractivity contribution in [2.24, 2.45) is 0 Å². The molecule has 98 valence electrons. The lowest BCUT2D eigenvalue weighted by molar-refractivity contribution is -0.120. The molecule has 5 heteroatoms. The van der Waals surface area contributed by atoms with Crippen molar-refractivity contribution in [2.45, 2.75) is 13.3 Å². The molecule has 0 spiro atoms. The van der Waals surface area contributed by atoms with E-state index in [0.29, 0.717) is 12.1 Å². The average Bonchev–Trinajstić information content (AvgIpc) is 2.39. The molecule has 0 radical (unpaired) electrons. The van der Waals surface area contributed by atoms with Crippen LogP contribution in [0.2, 0.25) is 0 Å². The summed E-state index contributed by atoms with van der Waals surface area (Å²) in [6.45, 7) is 3.06. The highest BCUT2D eigenvalue weighted by molar-refractivity contribution is 5.99. The molecule has 1 rings (SSSR count). The number of amides is 2. The lowest BCUT2D eigenvalue weighted by Crippen LogP contribution is -2.29. The maximum atomic E-state index is 11.9. The van der Waals surface area contributed by atoms with E-state index in [1.54, 1.807) is 13.1 Å². The second-order valence-corrected chi connectivity index (χ2v) is 3.75. The molecule has 0 fully saturated rings. The smallest absolute Gasteiger partial charge is 0.253 e. The Labute approximate surface area is 107 Å². The molecule has 0 saturated carbocycles. The summed E-state index contributed by atoms with van der Waals surface area (Å²) in [4.78, 5) is 23.0. The van der Waals surface area contributed by atoms with E-state index in [-0.39, 0.29) is 18.2 Å². The van der Waals surface area contributed by atoms with E-state index in [0.717, 1.165) is 12.2 Å². The minimum atomic E-state index is -0.171. The van der Waals surface area contributed by atoms with Crippen LogP contribution in [0.15, 0.2) is 24.3 Å². The maximum absolute atomic E-state index is 11.9. The van der Waals surface area contributed by atoms with Crippen molar-refractivity contribution in [1.82, 2.24) is 10.6 Å². The van der Waals surface area contributed by atoms with Crippen LogP contribution in [0.5, 0.6) is 0 Å². The Kier molecular flexibility index (Phi) is 5.70. The minimum Gasteiger partial charge on any atom is -0.385 e. The normalized spacial score (nSPS) is 9.67. The third kappa shape index (κ3) is 4.08. The standard InChI is InChI=1S/C13H19N3O2/c1-3-15-11-7-5-4-6-10(11)13(18)16-9-8-12(17)14-2/h4-7,15H,3,8-9H2,1-2H3,(H,14,17)(H,16,18). The van der Waals surface area contributed by atoms with Crippen molar-refractivity contribution in [3.8, 4) is 0 Å². The average molecular weight is 249 g/mol. The van der Waals surface area contributed by atoms with Gasteiger partial charge in [0.15, 0.2) is 0 Å². The van der Waals surface area contributed by atoms with E-state index in [2.05, 4.69) is 16.0 Å². The molecule has 0 unspecified atom stereocenters. The predicted molar refractivity (Wildman–Crippen MR) is 71.6 cm³/mol. The SMILES string of the molecule is CCNc1ccccc1C(=O)NCCC(=O)NC. The zero-order valence-corrected chi connectivity index (χ0v) is 10.7. The Hall–Kier alpha value is -2.04. The van der Waals surface area contributed by atoms with Crippen LogP contribution >= 0.6 is 0 Å². The van der Waals surface area contributed by atoms with Gasteiger partial charge >= 0.3 is 0 Å². The molecule has 3 N–H and O–H groups in total. The molecule has 2 amide bonds. The first-order valence-electron chi connectivity index (χ1n) is 6.00. The van der Waals surface area contributed by atoms with Crippen LogP contribution in [0.3, 0.4) is 0 Å². The van der Waals surface area contributed by atoms with Gasteiger partial charge in [0.05, 0.1) is 5.56 Å². The van der Waals surface area contributed by atoms with Gasteiger partial charge in [-0.2, -0.15) is 0 Å². The summed E-state index contributed by atoms with van der Waals surface area (Å²) in [5.74, 6) is -0.259. The molecule has 0 aliphatic rings. The summed E-state index contributed by atoms with van der Waals surface area (Å²) >= 11 is 0. The van der Waals surface area contributed by atoms with E-state index in [9.17, 15) is 9.59 Å². The lowest BCUT2D eigenvalue weighted by Gasteiger charge is -2.10. The van der Waals surface area contributed by atoms with Crippen molar-refractivity contribution in [3.05, 3.63) is 29.8 Å². The molecule has 0 atom stereocenters. The Morgan fingerprint density at radius 3 is 2.61 bits per heavy atom. The molecule has 5 nitrogen and oxygen atoms in total. The number of hydrogen-bond acceptors (Lipinski definition) is 3. The van der Waals surface area contributed by atoms with Crippen LogP contribution in [0, 0.1) is 0 Å². The number of benzene rings is 1. The molecule has 1 aromatic carbocycles. The van der Waals surface area contributed by atoms with Gasteiger partial charge in [-0.3, -0.25) is 9.59 Å². The van der Waals surface area contributed by atoms with Crippen LogP contribution in [0.4, 0.5) is 5.69 Å². The van der Waals surface area contributed by atoms with Gasteiger partial charge in [0.2, 0.25) is 5.91 Å². The van der Waals surface area contributed by atoms with E-state index >= 15 is 0 Å². The van der Waals surface area contributed by atoms with Crippen LogP contribution in [0.1, 0.15) is 23.7 Å². The van der Waals surface area contributed by atoms with Gasteiger partial charge in [0.25, 0.3) is 5.91 Å². The second-order valence-electron chi connectivity index (χ2n) is 3.75. The highest BCUT2D eigenvalue weighted by Gasteiger charge is 2.10. The third-order valence-corrected chi connectivity index (χ3v) is 2.46. The molecular weight excluding hydrogens is 230 g/mol. The number of rotatable bonds is 6. The number of hydrogen-bond donors (Lipinski definition) is 3. The zero-order valence-electron chi connectivity index (χ0n) is 10.7. The predicted octanol–water partition coefficient (Wildman–Crippen LogP) is 0.984. The van der Waals surface area contributed by atoms with Gasteiger partial charge in [-0.15, -0.1) is 0 Å². The molecular formula is C13H19N3O2. The fourth-order valence-corrected chi connectivity index (χ4v) is 1.54. The number of carbonyl (C=O) groups excluding carboxylic acids is 2. The summed E-state index contributed by atoms with van der Waals surface area (Å²) < 4.78 is 0. The van der Waals surface area contributed by atoms with E-state index < -0.39 is 0 Å². The van der Waals surface area contributed by atoms with Crippen molar-refractivity contribution in [2.75, 3.05) is 25.5 Å². The quantitative estimate of drug-likeness (QED) is 0.704. The molecule has 0 aromatic heterocycles. The first-order valence-corrected chi connectivity index (χ1v) is 6.00. The Morgan fingerprint density at radius 2 is 1.94 bits per heavy atom. The van der Waals surface area contributed by atoms with Crippen LogP contribution in [0.25, 0.3) is 0 Å². The number of para-hydroxylation sites is 1. The molecule has 1 aromatic rings. The van der Waals surface area contributed by atoms with E-state index in [1.165, 1.54) is 0 Å². The highest BCUT2D eigenvalue weighted by atomic mass is 16.2. The monoisotopic (exact) mass is 249 g/mol. The lowest BCUT2D eigenvalue weighted by atomic mass is 10.1. The number of anilines is 1. The fraction of sp³-hybridized carbons (Fsp3) is 0.385. The first-order chi connectivity index (χ1) is 8.69. The summed E-state index contributed by atoms with van der Waals surface area (Å²) in [6.07, 6.45) is 0.283. The van der Waals surface area contributed by atoms with Crippen molar-refractivity contribution < 1.29 is 9.59 Å². The topological polar surface area (TPSA) is 70.2 Å². The zero-order chi connectivity index (χ0) is 13.4. The van der Waals surface area contributed by atoms with E-state index in [1.807, 2.05) is 25.1 Å². The fourth-order valence-electron chi connectivity index (χ4n) is 1.54. The van der Waals surface area contributed by atoms with E-state index in [4.69, 9.17) is 0 Å². The van der Waals surface area contributed by atoms with Crippen LogP contribution < -0.4 is 16.0 Å². The van der Waals surface area contributed by atoms with Gasteiger partial charge in [0.1, 0.15) is 0 Å². The summed E-state index contributed by atoms with van der Waals surface area (Å²) in [7, 11) is 1.57. The third-order valence-electron chi connectivity index (χ3n) is 2.46. The molecule has 0 aliphatic carbocycles. The van der Waals surface area contributed by atoms with Crippen molar-refractivity contribution in [3.63, 3.8) is 0 Å². The van der Waals surface area contributed by atoms with Gasteiger partial charge in [0, 0.05) is 32.2 Å². The summed E-state index contributed by atoms with van der Waals surface area (Å²) in [5, 5.41) is 8.36. The molecule has 0 saturated heterocycles. The Morgan fingerprint density at radius 1 is 1.22 bits per heavy atom. The molecule has 18 heavy (non-hydrogen) atoms. The number of carbonyl (C=O) groups is 2. The first kappa shape index (κ1) is 14.0. The largest absolute Gasteiger partial charge is 0.385 e.